The van der Waals surface area contributed by atoms with Crippen LogP contribution in [0.2, 0.25) is 0 Å². The summed E-state index contributed by atoms with van der Waals surface area (Å²) in [5.74, 6) is 0.232. The third-order valence-electron chi connectivity index (χ3n) is 2.95. The highest BCUT2D eigenvalue weighted by atomic mass is 16.3. The first-order valence-corrected chi connectivity index (χ1v) is 5.27. The molecule has 0 radical (unpaired) electrons. The minimum atomic E-state index is -0.0185. The van der Waals surface area contributed by atoms with Gasteiger partial charge in [0.1, 0.15) is 0 Å². The summed E-state index contributed by atoms with van der Waals surface area (Å²) in [4.78, 5) is 11.3. The number of pyridine rings is 1. The molecule has 0 aliphatic heterocycles. The van der Waals surface area contributed by atoms with Crippen molar-refractivity contribution in [2.45, 2.75) is 26.4 Å². The third kappa shape index (κ3) is 1.84. The Hall–Kier alpha value is -1.68. The van der Waals surface area contributed by atoms with E-state index in [1.54, 1.807) is 12.5 Å². The molecule has 0 saturated carbocycles. The van der Waals surface area contributed by atoms with Gasteiger partial charge < -0.3 is 10.1 Å². The van der Waals surface area contributed by atoms with E-state index in [4.69, 9.17) is 0 Å². The summed E-state index contributed by atoms with van der Waals surface area (Å²) in [5, 5.41) is 9.17. The lowest BCUT2D eigenvalue weighted by Crippen LogP contribution is -2.03. The first-order chi connectivity index (χ1) is 7.74. The second-order valence-corrected chi connectivity index (χ2v) is 3.86. The molecule has 4 nitrogen and oxygen atoms in total. The SMILES string of the molecule is Cc1c([C@@H](C)c2cnc[nH]2)ccnc1CO. The van der Waals surface area contributed by atoms with E-state index in [-0.39, 0.29) is 12.5 Å². The zero-order chi connectivity index (χ0) is 11.5. The normalized spacial score (nSPS) is 12.7. The van der Waals surface area contributed by atoms with Crippen LogP contribution in [0, 0.1) is 6.92 Å². The maximum absolute atomic E-state index is 9.17. The highest BCUT2D eigenvalue weighted by molar-refractivity contribution is 5.35. The van der Waals surface area contributed by atoms with E-state index in [0.717, 1.165) is 17.0 Å². The Bertz CT molecular complexity index is 465. The molecular weight excluding hydrogens is 202 g/mol. The van der Waals surface area contributed by atoms with Crippen LogP contribution in [0.15, 0.2) is 24.8 Å². The third-order valence-corrected chi connectivity index (χ3v) is 2.95. The number of hydrogen-bond donors (Lipinski definition) is 2. The van der Waals surface area contributed by atoms with Gasteiger partial charge in [0.05, 0.1) is 18.6 Å². The molecule has 0 aliphatic rings. The Balaban J connectivity index is 2.41. The molecule has 16 heavy (non-hydrogen) atoms. The van der Waals surface area contributed by atoms with Crippen LogP contribution in [0.5, 0.6) is 0 Å². The van der Waals surface area contributed by atoms with E-state index in [2.05, 4.69) is 21.9 Å². The number of aliphatic hydroxyl groups excluding tert-OH is 1. The fourth-order valence-electron chi connectivity index (χ4n) is 1.90. The molecular formula is C12H15N3O. The van der Waals surface area contributed by atoms with Crippen LogP contribution in [0.3, 0.4) is 0 Å². The molecule has 4 heteroatoms. The van der Waals surface area contributed by atoms with Crippen molar-refractivity contribution in [3.05, 3.63) is 47.3 Å². The van der Waals surface area contributed by atoms with Gasteiger partial charge in [-0.25, -0.2) is 4.98 Å². The van der Waals surface area contributed by atoms with Crippen LogP contribution in [0.1, 0.15) is 35.4 Å². The second-order valence-electron chi connectivity index (χ2n) is 3.86. The summed E-state index contributed by atoms with van der Waals surface area (Å²) < 4.78 is 0. The van der Waals surface area contributed by atoms with Crippen LogP contribution in [0.4, 0.5) is 0 Å². The highest BCUT2D eigenvalue weighted by Crippen LogP contribution is 2.25. The van der Waals surface area contributed by atoms with E-state index in [0.29, 0.717) is 0 Å². The van der Waals surface area contributed by atoms with E-state index in [9.17, 15) is 5.11 Å². The Morgan fingerprint density at radius 3 is 2.94 bits per heavy atom. The zero-order valence-corrected chi connectivity index (χ0v) is 9.44. The van der Waals surface area contributed by atoms with E-state index in [1.165, 1.54) is 5.56 Å². The number of nitrogens with zero attached hydrogens (tertiary/aromatic N) is 2. The van der Waals surface area contributed by atoms with Crippen LogP contribution in [-0.2, 0) is 6.61 Å². The van der Waals surface area contributed by atoms with Crippen molar-refractivity contribution in [1.82, 2.24) is 15.0 Å². The molecule has 0 saturated heterocycles. The van der Waals surface area contributed by atoms with E-state index >= 15 is 0 Å². The summed E-state index contributed by atoms with van der Waals surface area (Å²) in [7, 11) is 0. The lowest BCUT2D eigenvalue weighted by Gasteiger charge is -2.14. The largest absolute Gasteiger partial charge is 0.390 e. The minimum Gasteiger partial charge on any atom is -0.390 e. The number of nitrogens with one attached hydrogen (secondary N) is 1. The summed E-state index contributed by atoms with van der Waals surface area (Å²) >= 11 is 0. The van der Waals surface area contributed by atoms with Gasteiger partial charge in [-0.05, 0) is 24.1 Å². The number of imidazole rings is 1. The summed E-state index contributed by atoms with van der Waals surface area (Å²) in [5.41, 5.74) is 4.03. The number of aromatic amines is 1. The predicted octanol–water partition coefficient (Wildman–Crippen LogP) is 1.76. The van der Waals surface area contributed by atoms with Crippen molar-refractivity contribution in [1.29, 1.82) is 0 Å². The molecule has 2 N–H and O–H groups in total. The van der Waals surface area contributed by atoms with Gasteiger partial charge in [0, 0.05) is 24.0 Å². The van der Waals surface area contributed by atoms with Crippen molar-refractivity contribution in [2.24, 2.45) is 0 Å². The van der Waals surface area contributed by atoms with Crippen molar-refractivity contribution in [3.8, 4) is 0 Å². The number of rotatable bonds is 3. The molecule has 0 fully saturated rings. The second kappa shape index (κ2) is 4.45. The molecule has 2 heterocycles. The molecule has 0 bridgehead atoms. The topological polar surface area (TPSA) is 61.8 Å². The van der Waals surface area contributed by atoms with E-state index < -0.39 is 0 Å². The maximum Gasteiger partial charge on any atom is 0.0921 e. The molecule has 2 aromatic rings. The van der Waals surface area contributed by atoms with Gasteiger partial charge in [-0.15, -0.1) is 0 Å². The van der Waals surface area contributed by atoms with Crippen LogP contribution < -0.4 is 0 Å². The predicted molar refractivity (Wildman–Crippen MR) is 61.0 cm³/mol. The fourth-order valence-corrected chi connectivity index (χ4v) is 1.90. The first kappa shape index (κ1) is 10.8. The Kier molecular flexibility index (Phi) is 3.01. The van der Waals surface area contributed by atoms with Gasteiger partial charge in [-0.2, -0.15) is 0 Å². The van der Waals surface area contributed by atoms with Gasteiger partial charge in [0.15, 0.2) is 0 Å². The Morgan fingerprint density at radius 1 is 1.50 bits per heavy atom. The molecule has 0 amide bonds. The van der Waals surface area contributed by atoms with Crippen molar-refractivity contribution >= 4 is 0 Å². The molecule has 84 valence electrons. The van der Waals surface area contributed by atoms with Crippen LogP contribution in [-0.4, -0.2) is 20.1 Å². The van der Waals surface area contributed by atoms with E-state index in [1.807, 2.05) is 19.2 Å². The maximum atomic E-state index is 9.17. The quantitative estimate of drug-likeness (QED) is 0.823. The molecule has 0 unspecified atom stereocenters. The van der Waals surface area contributed by atoms with Gasteiger partial charge in [0.25, 0.3) is 0 Å². The standard InChI is InChI=1S/C12H15N3O/c1-8(11-5-13-7-15-11)10-3-4-14-12(6-16)9(10)2/h3-5,7-8,16H,6H2,1-2H3,(H,13,15)/t8-/m1/s1. The molecule has 0 aromatic carbocycles. The van der Waals surface area contributed by atoms with Crippen LogP contribution in [0.25, 0.3) is 0 Å². The minimum absolute atomic E-state index is 0.0185. The average Bonchev–Trinajstić information content (AvgIpc) is 2.82. The highest BCUT2D eigenvalue weighted by Gasteiger charge is 2.14. The van der Waals surface area contributed by atoms with Gasteiger partial charge in [-0.3, -0.25) is 4.98 Å². The smallest absolute Gasteiger partial charge is 0.0921 e. The summed E-state index contributed by atoms with van der Waals surface area (Å²) in [6, 6.07) is 1.99. The molecule has 0 spiro atoms. The first-order valence-electron chi connectivity index (χ1n) is 5.27. The van der Waals surface area contributed by atoms with Crippen molar-refractivity contribution in [3.63, 3.8) is 0 Å². The number of aliphatic hydroxyl groups is 1. The molecule has 2 aromatic heterocycles. The lowest BCUT2D eigenvalue weighted by molar-refractivity contribution is 0.275. The molecule has 2 rings (SSSR count). The number of H-pyrrole nitrogens is 1. The zero-order valence-electron chi connectivity index (χ0n) is 9.44. The Morgan fingerprint density at radius 2 is 2.31 bits per heavy atom. The Labute approximate surface area is 94.4 Å². The lowest BCUT2D eigenvalue weighted by atomic mass is 9.94. The summed E-state index contributed by atoms with van der Waals surface area (Å²) in [6.45, 7) is 4.08. The molecule has 0 aliphatic carbocycles. The van der Waals surface area contributed by atoms with Crippen molar-refractivity contribution in [2.75, 3.05) is 0 Å². The van der Waals surface area contributed by atoms with Gasteiger partial charge >= 0.3 is 0 Å². The average molecular weight is 217 g/mol. The summed E-state index contributed by atoms with van der Waals surface area (Å²) in [6.07, 6.45) is 5.24. The van der Waals surface area contributed by atoms with Crippen molar-refractivity contribution < 1.29 is 5.11 Å². The van der Waals surface area contributed by atoms with Gasteiger partial charge in [-0.1, -0.05) is 6.92 Å². The van der Waals surface area contributed by atoms with Crippen LogP contribution >= 0.6 is 0 Å². The fraction of sp³-hybridized carbons (Fsp3) is 0.333. The number of aromatic nitrogens is 3. The molecule has 1 atom stereocenters. The van der Waals surface area contributed by atoms with Gasteiger partial charge in [0.2, 0.25) is 0 Å². The monoisotopic (exact) mass is 217 g/mol. The number of hydrogen-bond acceptors (Lipinski definition) is 3.